The molecule has 0 N–H and O–H groups in total. The van der Waals surface area contributed by atoms with Gasteiger partial charge in [-0.15, -0.1) is 0 Å². The first-order chi connectivity index (χ1) is 12.2. The molecule has 4 nitrogen and oxygen atoms in total. The summed E-state index contributed by atoms with van der Waals surface area (Å²) < 4.78 is 11.8. The van der Waals surface area contributed by atoms with Gasteiger partial charge in [0.25, 0.3) is 0 Å². The highest BCUT2D eigenvalue weighted by molar-refractivity contribution is 5.84. The Balaban J connectivity index is 1.48. The lowest BCUT2D eigenvalue weighted by Crippen LogP contribution is -2.46. The van der Waals surface area contributed by atoms with Crippen molar-refractivity contribution < 1.29 is 9.47 Å². The molecule has 138 valence electrons. The smallest absolute Gasteiger partial charge is 0.119 e. The van der Waals surface area contributed by atoms with Gasteiger partial charge >= 0.3 is 0 Å². The van der Waals surface area contributed by atoms with Crippen LogP contribution in [0, 0.1) is 19.8 Å². The van der Waals surface area contributed by atoms with Gasteiger partial charge in [0.1, 0.15) is 5.75 Å². The van der Waals surface area contributed by atoms with E-state index in [0.29, 0.717) is 12.0 Å². The third kappa shape index (κ3) is 4.83. The third-order valence-corrected chi connectivity index (χ3v) is 5.61. The molecule has 1 atom stereocenters. The van der Waals surface area contributed by atoms with Gasteiger partial charge in [-0.05, 0) is 87.4 Å². The Morgan fingerprint density at radius 3 is 2.52 bits per heavy atom. The molecule has 0 bridgehead atoms. The van der Waals surface area contributed by atoms with Gasteiger partial charge in [0.05, 0.1) is 13.2 Å². The molecule has 0 aromatic heterocycles. The summed E-state index contributed by atoms with van der Waals surface area (Å²) in [6.45, 7) is 9.33. The van der Waals surface area contributed by atoms with E-state index in [1.807, 2.05) is 13.3 Å². The number of ether oxygens (including phenoxy) is 2. The fourth-order valence-electron chi connectivity index (χ4n) is 4.06. The quantitative estimate of drug-likeness (QED) is 0.765. The summed E-state index contributed by atoms with van der Waals surface area (Å²) in [6.07, 6.45) is 6.90. The average Bonchev–Trinajstić information content (AvgIpc) is 2.64. The molecule has 0 amide bonds. The lowest BCUT2D eigenvalue weighted by atomic mass is 9.95. The van der Waals surface area contributed by atoms with Crippen molar-refractivity contribution >= 4 is 6.21 Å². The highest BCUT2D eigenvalue weighted by atomic mass is 16.5. The lowest BCUT2D eigenvalue weighted by Gasteiger charge is -2.39. The van der Waals surface area contributed by atoms with E-state index in [4.69, 9.17) is 9.47 Å². The Labute approximate surface area is 152 Å². The van der Waals surface area contributed by atoms with Crippen LogP contribution in [-0.4, -0.2) is 57.1 Å². The summed E-state index contributed by atoms with van der Waals surface area (Å²) in [5.41, 5.74) is 3.67. The number of hydrogen-bond donors (Lipinski definition) is 0. The van der Waals surface area contributed by atoms with Crippen LogP contribution in [0.1, 0.15) is 42.4 Å². The summed E-state index contributed by atoms with van der Waals surface area (Å²) in [5, 5.41) is 0. The van der Waals surface area contributed by atoms with E-state index in [9.17, 15) is 0 Å². The van der Waals surface area contributed by atoms with Crippen molar-refractivity contribution in [1.29, 1.82) is 0 Å². The van der Waals surface area contributed by atoms with Crippen LogP contribution in [0.5, 0.6) is 5.75 Å². The van der Waals surface area contributed by atoms with Gasteiger partial charge in [-0.1, -0.05) is 0 Å². The molecule has 2 aliphatic heterocycles. The van der Waals surface area contributed by atoms with Crippen LogP contribution < -0.4 is 4.74 Å². The highest BCUT2D eigenvalue weighted by Gasteiger charge is 2.26. The Morgan fingerprint density at radius 1 is 1.20 bits per heavy atom. The van der Waals surface area contributed by atoms with Crippen LogP contribution in [0.3, 0.4) is 0 Å². The van der Waals surface area contributed by atoms with E-state index in [-0.39, 0.29) is 0 Å². The highest BCUT2D eigenvalue weighted by Crippen LogP contribution is 2.25. The van der Waals surface area contributed by atoms with Gasteiger partial charge in [-0.3, -0.25) is 9.89 Å². The second kappa shape index (κ2) is 8.81. The van der Waals surface area contributed by atoms with Crippen molar-refractivity contribution in [2.24, 2.45) is 10.9 Å². The maximum Gasteiger partial charge on any atom is 0.119 e. The number of rotatable bonds is 5. The van der Waals surface area contributed by atoms with Gasteiger partial charge in [0.15, 0.2) is 0 Å². The van der Waals surface area contributed by atoms with Gasteiger partial charge in [0.2, 0.25) is 0 Å². The van der Waals surface area contributed by atoms with Gasteiger partial charge in [0, 0.05) is 25.9 Å². The molecule has 2 heterocycles. The average molecular weight is 344 g/mol. The van der Waals surface area contributed by atoms with Crippen molar-refractivity contribution in [2.45, 2.75) is 45.6 Å². The molecule has 1 aromatic carbocycles. The molecule has 0 aliphatic carbocycles. The van der Waals surface area contributed by atoms with E-state index < -0.39 is 0 Å². The molecule has 3 rings (SSSR count). The summed E-state index contributed by atoms with van der Waals surface area (Å²) in [7, 11) is 1.81. The summed E-state index contributed by atoms with van der Waals surface area (Å²) in [6, 6.07) is 4.92. The minimum atomic E-state index is 0.647. The van der Waals surface area contributed by atoms with Gasteiger partial charge in [-0.25, -0.2) is 0 Å². The molecule has 25 heavy (non-hydrogen) atoms. The summed E-state index contributed by atoms with van der Waals surface area (Å²) in [5.74, 6) is 1.66. The zero-order chi connectivity index (χ0) is 17.6. The van der Waals surface area contributed by atoms with Crippen LogP contribution >= 0.6 is 0 Å². The van der Waals surface area contributed by atoms with E-state index in [2.05, 4.69) is 35.9 Å². The zero-order valence-electron chi connectivity index (χ0n) is 16.0. The largest absolute Gasteiger partial charge is 0.493 e. The van der Waals surface area contributed by atoms with Crippen LogP contribution in [0.25, 0.3) is 0 Å². The Morgan fingerprint density at radius 2 is 1.92 bits per heavy atom. The van der Waals surface area contributed by atoms with Crippen molar-refractivity contribution in [3.8, 4) is 5.75 Å². The first kappa shape index (κ1) is 18.4. The predicted molar refractivity (Wildman–Crippen MR) is 103 cm³/mol. The van der Waals surface area contributed by atoms with E-state index in [0.717, 1.165) is 25.6 Å². The maximum atomic E-state index is 6.13. The van der Waals surface area contributed by atoms with Crippen molar-refractivity contribution in [3.63, 3.8) is 0 Å². The molecule has 1 aromatic rings. The van der Waals surface area contributed by atoms with Crippen LogP contribution in [0.4, 0.5) is 0 Å². The van der Waals surface area contributed by atoms with Gasteiger partial charge in [-0.2, -0.15) is 0 Å². The van der Waals surface area contributed by atoms with Crippen molar-refractivity contribution in [1.82, 2.24) is 4.90 Å². The van der Waals surface area contributed by atoms with E-state index >= 15 is 0 Å². The number of piperidine rings is 1. The van der Waals surface area contributed by atoms with Crippen LogP contribution in [0.15, 0.2) is 17.1 Å². The summed E-state index contributed by atoms with van der Waals surface area (Å²) in [4.78, 5) is 6.77. The molecule has 0 spiro atoms. The zero-order valence-corrected chi connectivity index (χ0v) is 16.0. The topological polar surface area (TPSA) is 34.1 Å². The molecule has 1 unspecified atom stereocenters. The number of hydrogen-bond acceptors (Lipinski definition) is 4. The number of benzene rings is 1. The fourth-order valence-corrected chi connectivity index (χ4v) is 4.06. The Bertz CT molecular complexity index is 563. The van der Waals surface area contributed by atoms with Crippen LogP contribution in [-0.2, 0) is 4.74 Å². The number of aliphatic imine (C=N–C) groups is 1. The molecule has 4 heteroatoms. The van der Waals surface area contributed by atoms with Crippen LogP contribution in [0.2, 0.25) is 0 Å². The van der Waals surface area contributed by atoms with Crippen molar-refractivity contribution in [3.05, 3.63) is 28.8 Å². The molecular formula is C21H32N2O2. The third-order valence-electron chi connectivity index (χ3n) is 5.61. The SMILES string of the molecule is CN=Cc1c(C)cc(OCC2CCN(C3CCCOC3)CC2)cc1C. The summed E-state index contributed by atoms with van der Waals surface area (Å²) >= 11 is 0. The maximum absolute atomic E-state index is 6.13. The molecule has 2 fully saturated rings. The number of nitrogens with zero attached hydrogens (tertiary/aromatic N) is 2. The number of likely N-dealkylation sites (tertiary alicyclic amines) is 1. The first-order valence-corrected chi connectivity index (χ1v) is 9.65. The van der Waals surface area contributed by atoms with Gasteiger partial charge < -0.3 is 9.47 Å². The molecular weight excluding hydrogens is 312 g/mol. The normalized spacial score (nSPS) is 23.2. The monoisotopic (exact) mass is 344 g/mol. The number of aryl methyl sites for hydroxylation is 2. The fraction of sp³-hybridized carbons (Fsp3) is 0.667. The Hall–Kier alpha value is -1.39. The van der Waals surface area contributed by atoms with E-state index in [1.54, 1.807) is 0 Å². The Kier molecular flexibility index (Phi) is 6.49. The minimum absolute atomic E-state index is 0.647. The minimum Gasteiger partial charge on any atom is -0.493 e. The molecule has 0 saturated carbocycles. The van der Waals surface area contributed by atoms with E-state index in [1.165, 1.54) is 55.5 Å². The molecule has 0 radical (unpaired) electrons. The molecule has 2 saturated heterocycles. The lowest BCUT2D eigenvalue weighted by molar-refractivity contribution is 0.00185. The standard InChI is InChI=1S/C21H32N2O2/c1-16-11-20(12-17(2)21(16)13-22-3)25-14-18-6-8-23(9-7-18)19-5-4-10-24-15-19/h11-13,18-19H,4-10,14-15H2,1-3H3. The van der Waals surface area contributed by atoms with Crippen molar-refractivity contribution in [2.75, 3.05) is 40.0 Å². The first-order valence-electron chi connectivity index (χ1n) is 9.65. The second-order valence-electron chi connectivity index (χ2n) is 7.52. The second-order valence-corrected chi connectivity index (χ2v) is 7.52. The predicted octanol–water partition coefficient (Wildman–Crippen LogP) is 3.62. The molecule has 2 aliphatic rings.